The van der Waals surface area contributed by atoms with Crippen LogP contribution in [0.5, 0.6) is 0 Å². The number of rotatable bonds is 5. The lowest BCUT2D eigenvalue weighted by Crippen LogP contribution is -2.27. The molecule has 66 valence electrons. The molecule has 0 heterocycles. The van der Waals surface area contributed by atoms with Crippen molar-refractivity contribution in [2.75, 3.05) is 26.9 Å². The molecule has 11 heavy (non-hydrogen) atoms. The molecule has 0 aromatic heterocycles. The van der Waals surface area contributed by atoms with Crippen molar-refractivity contribution in [3.8, 4) is 0 Å². The summed E-state index contributed by atoms with van der Waals surface area (Å²) in [6.07, 6.45) is 0.474. The van der Waals surface area contributed by atoms with Crippen LogP contribution in [0.2, 0.25) is 0 Å². The number of alkyl carbamates (subject to hydrolysis) is 1. The van der Waals surface area contributed by atoms with Crippen molar-refractivity contribution in [3.63, 3.8) is 0 Å². The molecule has 0 atom stereocenters. The van der Waals surface area contributed by atoms with Crippen LogP contribution in [-0.4, -0.2) is 33.0 Å². The summed E-state index contributed by atoms with van der Waals surface area (Å²) in [4.78, 5) is 10.7. The van der Waals surface area contributed by atoms with Crippen LogP contribution in [0.3, 0.4) is 0 Å². The summed E-state index contributed by atoms with van der Waals surface area (Å²) in [5, 5.41) is 2.53. The van der Waals surface area contributed by atoms with Crippen molar-refractivity contribution in [3.05, 3.63) is 0 Å². The molecule has 0 aliphatic heterocycles. The Kier molecular flexibility index (Phi) is 6.82. The van der Waals surface area contributed by atoms with Crippen LogP contribution in [-0.2, 0) is 9.47 Å². The van der Waals surface area contributed by atoms with Crippen LogP contribution in [0.1, 0.15) is 13.3 Å². The largest absolute Gasteiger partial charge is 0.450 e. The van der Waals surface area contributed by atoms with E-state index in [1.54, 1.807) is 7.11 Å². The second-order valence-corrected chi connectivity index (χ2v) is 2.06. The smallest absolute Gasteiger partial charge is 0.407 e. The van der Waals surface area contributed by atoms with E-state index in [9.17, 15) is 4.79 Å². The highest BCUT2D eigenvalue weighted by Crippen LogP contribution is 1.80. The van der Waals surface area contributed by atoms with Gasteiger partial charge in [-0.15, -0.1) is 0 Å². The number of carbonyl (C=O) groups excluding carboxylic acids is 1. The summed E-state index contributed by atoms with van der Waals surface area (Å²) in [7, 11) is 1.58. The fraction of sp³-hybridized carbons (Fsp3) is 0.857. The van der Waals surface area contributed by atoms with Gasteiger partial charge in [0.1, 0.15) is 0 Å². The molecule has 0 saturated heterocycles. The first-order valence-corrected chi connectivity index (χ1v) is 3.70. The van der Waals surface area contributed by atoms with E-state index in [0.717, 1.165) is 6.42 Å². The number of carbonyl (C=O) groups is 1. The molecule has 0 aromatic carbocycles. The topological polar surface area (TPSA) is 47.6 Å². The Morgan fingerprint density at radius 2 is 2.18 bits per heavy atom. The van der Waals surface area contributed by atoms with Gasteiger partial charge in [-0.05, 0) is 6.42 Å². The van der Waals surface area contributed by atoms with E-state index in [2.05, 4.69) is 5.32 Å². The molecule has 0 spiro atoms. The van der Waals surface area contributed by atoms with Crippen LogP contribution < -0.4 is 5.32 Å². The lowest BCUT2D eigenvalue weighted by atomic mass is 10.5. The van der Waals surface area contributed by atoms with E-state index in [0.29, 0.717) is 19.8 Å². The van der Waals surface area contributed by atoms with E-state index >= 15 is 0 Å². The zero-order chi connectivity index (χ0) is 8.53. The molecule has 0 aliphatic rings. The number of methoxy groups -OCH3 is 1. The normalized spacial score (nSPS) is 9.27. The van der Waals surface area contributed by atoms with Crippen molar-refractivity contribution < 1.29 is 14.3 Å². The molecule has 0 aromatic rings. The molecule has 0 radical (unpaired) electrons. The Bertz CT molecular complexity index is 106. The summed E-state index contributed by atoms with van der Waals surface area (Å²) in [6.45, 7) is 3.43. The standard InChI is InChI=1S/C7H15NO3/c1-3-5-11-7(9)8-4-6-10-2/h3-6H2,1-2H3,(H,8,9). The van der Waals surface area contributed by atoms with Gasteiger partial charge in [0.2, 0.25) is 0 Å². The third kappa shape index (κ3) is 7.12. The zero-order valence-electron chi connectivity index (χ0n) is 7.05. The zero-order valence-corrected chi connectivity index (χ0v) is 7.05. The van der Waals surface area contributed by atoms with Crippen LogP contribution >= 0.6 is 0 Å². The first-order valence-electron chi connectivity index (χ1n) is 3.70. The Morgan fingerprint density at radius 1 is 1.45 bits per heavy atom. The predicted molar refractivity (Wildman–Crippen MR) is 41.5 cm³/mol. The highest BCUT2D eigenvalue weighted by Gasteiger charge is 1.97. The summed E-state index contributed by atoms with van der Waals surface area (Å²) < 4.78 is 9.46. The van der Waals surface area contributed by atoms with Gasteiger partial charge in [-0.3, -0.25) is 0 Å². The fourth-order valence-corrected chi connectivity index (χ4v) is 0.501. The molecule has 0 fully saturated rings. The van der Waals surface area contributed by atoms with Gasteiger partial charge in [0.15, 0.2) is 0 Å². The molecule has 0 aliphatic carbocycles. The van der Waals surface area contributed by atoms with E-state index in [1.165, 1.54) is 0 Å². The van der Waals surface area contributed by atoms with Gasteiger partial charge < -0.3 is 14.8 Å². The van der Waals surface area contributed by atoms with Gasteiger partial charge >= 0.3 is 6.09 Å². The average molecular weight is 161 g/mol. The maximum Gasteiger partial charge on any atom is 0.407 e. The molecule has 1 N–H and O–H groups in total. The summed E-state index contributed by atoms with van der Waals surface area (Å²) in [5.41, 5.74) is 0. The number of amides is 1. The summed E-state index contributed by atoms with van der Waals surface area (Å²) in [5.74, 6) is 0. The number of hydrogen-bond acceptors (Lipinski definition) is 3. The third-order valence-corrected chi connectivity index (χ3v) is 1.01. The van der Waals surface area contributed by atoms with Gasteiger partial charge in [0.25, 0.3) is 0 Å². The molecular formula is C7H15NO3. The molecule has 4 heteroatoms. The molecule has 4 nitrogen and oxygen atoms in total. The Labute approximate surface area is 66.9 Å². The van der Waals surface area contributed by atoms with Gasteiger partial charge in [-0.25, -0.2) is 4.79 Å². The van der Waals surface area contributed by atoms with Crippen molar-refractivity contribution in [2.45, 2.75) is 13.3 Å². The highest BCUT2D eigenvalue weighted by atomic mass is 16.5. The lowest BCUT2D eigenvalue weighted by Gasteiger charge is -2.04. The highest BCUT2D eigenvalue weighted by molar-refractivity contribution is 5.66. The van der Waals surface area contributed by atoms with E-state index in [4.69, 9.17) is 9.47 Å². The van der Waals surface area contributed by atoms with Crippen LogP contribution in [0, 0.1) is 0 Å². The molecule has 0 unspecified atom stereocenters. The fourth-order valence-electron chi connectivity index (χ4n) is 0.501. The van der Waals surface area contributed by atoms with Crippen molar-refractivity contribution in [1.29, 1.82) is 0 Å². The number of nitrogens with one attached hydrogen (secondary N) is 1. The summed E-state index contributed by atoms with van der Waals surface area (Å²) >= 11 is 0. The van der Waals surface area contributed by atoms with Crippen LogP contribution in [0.4, 0.5) is 4.79 Å². The third-order valence-electron chi connectivity index (χ3n) is 1.01. The Hall–Kier alpha value is -0.770. The van der Waals surface area contributed by atoms with Crippen molar-refractivity contribution in [2.24, 2.45) is 0 Å². The monoisotopic (exact) mass is 161 g/mol. The average Bonchev–Trinajstić information content (AvgIpc) is 2.01. The van der Waals surface area contributed by atoms with E-state index < -0.39 is 0 Å². The van der Waals surface area contributed by atoms with E-state index in [-0.39, 0.29) is 6.09 Å². The van der Waals surface area contributed by atoms with Gasteiger partial charge in [-0.1, -0.05) is 6.92 Å². The van der Waals surface area contributed by atoms with Gasteiger partial charge in [0, 0.05) is 13.7 Å². The molecule has 1 amide bonds. The minimum absolute atomic E-state index is 0.371. The van der Waals surface area contributed by atoms with Gasteiger partial charge in [0.05, 0.1) is 13.2 Å². The molecule has 0 bridgehead atoms. The van der Waals surface area contributed by atoms with Crippen LogP contribution in [0.25, 0.3) is 0 Å². The first kappa shape index (κ1) is 10.2. The minimum atomic E-state index is -0.371. The van der Waals surface area contributed by atoms with E-state index in [1.807, 2.05) is 6.92 Å². The predicted octanol–water partition coefficient (Wildman–Crippen LogP) is 0.769. The van der Waals surface area contributed by atoms with Crippen LogP contribution in [0.15, 0.2) is 0 Å². The lowest BCUT2D eigenvalue weighted by molar-refractivity contribution is 0.139. The second-order valence-electron chi connectivity index (χ2n) is 2.06. The van der Waals surface area contributed by atoms with Crippen molar-refractivity contribution >= 4 is 6.09 Å². The molecule has 0 saturated carbocycles. The second kappa shape index (κ2) is 7.34. The minimum Gasteiger partial charge on any atom is -0.450 e. The molecule has 0 rings (SSSR count). The van der Waals surface area contributed by atoms with Gasteiger partial charge in [-0.2, -0.15) is 0 Å². The quantitative estimate of drug-likeness (QED) is 0.606. The SMILES string of the molecule is CCCOC(=O)NCCOC. The van der Waals surface area contributed by atoms with Crippen molar-refractivity contribution in [1.82, 2.24) is 5.32 Å². The Balaban J connectivity index is 3.09. The Morgan fingerprint density at radius 3 is 2.73 bits per heavy atom. The summed E-state index contributed by atoms with van der Waals surface area (Å²) in [6, 6.07) is 0. The first-order chi connectivity index (χ1) is 5.31. The maximum atomic E-state index is 10.7. The number of ether oxygens (including phenoxy) is 2. The maximum absolute atomic E-state index is 10.7. The molecular weight excluding hydrogens is 146 g/mol. The number of hydrogen-bond donors (Lipinski definition) is 1.